The molecule has 156 valence electrons. The van der Waals surface area contributed by atoms with Gasteiger partial charge in [0, 0.05) is 48.3 Å². The molecule has 8 heteroatoms. The maximum absolute atomic E-state index is 12.6. The quantitative estimate of drug-likeness (QED) is 0.720. The molecule has 1 aromatic carbocycles. The van der Waals surface area contributed by atoms with E-state index >= 15 is 0 Å². The first kappa shape index (κ1) is 21.4. The summed E-state index contributed by atoms with van der Waals surface area (Å²) in [5.74, 6) is -0.459. The van der Waals surface area contributed by atoms with Crippen LogP contribution in [0.5, 0.6) is 0 Å². The monoisotopic (exact) mass is 418 g/mol. The van der Waals surface area contributed by atoms with E-state index in [0.29, 0.717) is 17.1 Å². The van der Waals surface area contributed by atoms with Crippen molar-refractivity contribution < 1.29 is 14.3 Å². The van der Waals surface area contributed by atoms with Crippen molar-refractivity contribution in [2.75, 3.05) is 45.9 Å². The molecule has 0 unspecified atom stereocenters. The largest absolute Gasteiger partial charge is 0.379 e. The fourth-order valence-electron chi connectivity index (χ4n) is 3.48. The lowest BCUT2D eigenvalue weighted by atomic mass is 10.2. The minimum absolute atomic E-state index is 0.0491. The second-order valence-corrected chi connectivity index (χ2v) is 7.52. The summed E-state index contributed by atoms with van der Waals surface area (Å²) in [6.07, 6.45) is 0. The first-order valence-corrected chi connectivity index (χ1v) is 10.1. The topological polar surface area (TPSA) is 75.6 Å². The molecule has 1 aliphatic rings. The van der Waals surface area contributed by atoms with Crippen LogP contribution >= 0.6 is 11.6 Å². The number of hydrogen-bond donors (Lipinski definition) is 2. The number of amides is 2. The van der Waals surface area contributed by atoms with Crippen LogP contribution in [0.15, 0.2) is 30.3 Å². The summed E-state index contributed by atoms with van der Waals surface area (Å²) in [7, 11) is 0. The third-order valence-electron chi connectivity index (χ3n) is 5.02. The summed E-state index contributed by atoms with van der Waals surface area (Å²) in [4.78, 5) is 26.9. The van der Waals surface area contributed by atoms with Crippen LogP contribution in [0.2, 0.25) is 5.02 Å². The minimum Gasteiger partial charge on any atom is -0.379 e. The fraction of sp³-hybridized carbons (Fsp3) is 0.429. The molecule has 0 bridgehead atoms. The predicted octanol–water partition coefficient (Wildman–Crippen LogP) is 1.93. The Kier molecular flexibility index (Phi) is 7.30. The molecule has 0 aliphatic carbocycles. The van der Waals surface area contributed by atoms with Gasteiger partial charge in [0.25, 0.3) is 5.91 Å². The van der Waals surface area contributed by atoms with Gasteiger partial charge in [0.15, 0.2) is 0 Å². The van der Waals surface area contributed by atoms with Crippen molar-refractivity contribution in [3.05, 3.63) is 52.3 Å². The Bertz CT molecular complexity index is 858. The zero-order chi connectivity index (χ0) is 20.8. The van der Waals surface area contributed by atoms with Gasteiger partial charge in [-0.1, -0.05) is 11.6 Å². The van der Waals surface area contributed by atoms with E-state index < -0.39 is 0 Å². The third kappa shape index (κ3) is 5.59. The zero-order valence-corrected chi connectivity index (χ0v) is 17.6. The molecule has 0 radical (unpaired) electrons. The van der Waals surface area contributed by atoms with Crippen molar-refractivity contribution in [1.29, 1.82) is 0 Å². The second-order valence-electron chi connectivity index (χ2n) is 7.08. The number of nitrogens with one attached hydrogen (secondary N) is 2. The molecule has 2 aromatic rings. The van der Waals surface area contributed by atoms with E-state index in [2.05, 4.69) is 15.5 Å². The average molecular weight is 419 g/mol. The van der Waals surface area contributed by atoms with Crippen LogP contribution in [0.1, 0.15) is 21.7 Å². The summed E-state index contributed by atoms with van der Waals surface area (Å²) < 4.78 is 7.30. The molecule has 1 saturated heterocycles. The molecule has 2 amide bonds. The van der Waals surface area contributed by atoms with Crippen molar-refractivity contribution >= 4 is 23.4 Å². The van der Waals surface area contributed by atoms with Crippen LogP contribution in [0.3, 0.4) is 0 Å². The predicted molar refractivity (Wildman–Crippen MR) is 113 cm³/mol. The minimum atomic E-state index is -0.262. The molecule has 2 heterocycles. The summed E-state index contributed by atoms with van der Waals surface area (Å²) in [6, 6.07) is 9.28. The number of halogens is 1. The number of morpholine rings is 1. The lowest BCUT2D eigenvalue weighted by molar-refractivity contribution is -0.120. The van der Waals surface area contributed by atoms with Crippen molar-refractivity contribution in [2.24, 2.45) is 0 Å². The fourth-order valence-corrected chi connectivity index (χ4v) is 3.60. The third-order valence-corrected chi connectivity index (χ3v) is 5.28. The number of nitrogens with zero attached hydrogens (tertiary/aromatic N) is 2. The van der Waals surface area contributed by atoms with Crippen LogP contribution in [0.25, 0.3) is 5.69 Å². The second kappa shape index (κ2) is 9.91. The first-order valence-electron chi connectivity index (χ1n) is 9.75. The van der Waals surface area contributed by atoms with Gasteiger partial charge in [-0.05, 0) is 44.2 Å². The molecule has 29 heavy (non-hydrogen) atoms. The van der Waals surface area contributed by atoms with Crippen LogP contribution in [0, 0.1) is 13.8 Å². The average Bonchev–Trinajstić information content (AvgIpc) is 3.02. The van der Waals surface area contributed by atoms with E-state index in [4.69, 9.17) is 16.3 Å². The number of carbonyl (C=O) groups is 2. The highest BCUT2D eigenvalue weighted by Crippen LogP contribution is 2.22. The van der Waals surface area contributed by atoms with E-state index in [9.17, 15) is 9.59 Å². The molecule has 0 atom stereocenters. The Balaban J connectivity index is 1.52. The highest BCUT2D eigenvalue weighted by atomic mass is 35.5. The van der Waals surface area contributed by atoms with Crippen LogP contribution in [-0.2, 0) is 9.53 Å². The normalized spacial score (nSPS) is 14.6. The Labute approximate surface area is 176 Å². The van der Waals surface area contributed by atoms with Crippen molar-refractivity contribution in [2.45, 2.75) is 13.8 Å². The molecule has 2 N–H and O–H groups in total. The molecule has 0 spiro atoms. The maximum atomic E-state index is 12.6. The zero-order valence-electron chi connectivity index (χ0n) is 16.8. The molecule has 0 saturated carbocycles. The van der Waals surface area contributed by atoms with Gasteiger partial charge in [-0.25, -0.2) is 0 Å². The number of carbonyl (C=O) groups excluding carboxylic acids is 2. The Morgan fingerprint density at radius 3 is 2.48 bits per heavy atom. The first-order chi connectivity index (χ1) is 14.0. The summed E-state index contributed by atoms with van der Waals surface area (Å²) >= 11 is 5.97. The van der Waals surface area contributed by atoms with Crippen molar-refractivity contribution in [3.8, 4) is 5.69 Å². The van der Waals surface area contributed by atoms with E-state index in [0.717, 1.165) is 49.9 Å². The van der Waals surface area contributed by atoms with E-state index in [-0.39, 0.29) is 18.4 Å². The smallest absolute Gasteiger partial charge is 0.253 e. The van der Waals surface area contributed by atoms with Crippen molar-refractivity contribution in [1.82, 2.24) is 20.1 Å². The molecular formula is C21H27ClN4O3. The lowest BCUT2D eigenvalue weighted by Gasteiger charge is -2.26. The number of ether oxygens (including phenoxy) is 1. The molecule has 7 nitrogen and oxygen atoms in total. The van der Waals surface area contributed by atoms with E-state index in [1.165, 1.54) is 0 Å². The standard InChI is InChI=1S/C21H27ClN4O3/c1-15-13-19(16(2)26(15)18-5-3-17(22)4-6-18)21(28)24-14-20(27)23-7-8-25-9-11-29-12-10-25/h3-6,13H,7-12,14H2,1-2H3,(H,23,27)(H,24,28). The van der Waals surface area contributed by atoms with Gasteiger partial charge in [0.1, 0.15) is 0 Å². The van der Waals surface area contributed by atoms with Crippen LogP contribution < -0.4 is 10.6 Å². The summed E-state index contributed by atoms with van der Waals surface area (Å²) in [5.41, 5.74) is 3.24. The highest BCUT2D eigenvalue weighted by molar-refractivity contribution is 6.30. The Morgan fingerprint density at radius 2 is 1.79 bits per heavy atom. The van der Waals surface area contributed by atoms with Gasteiger partial charge in [-0.2, -0.15) is 0 Å². The molecule has 1 aliphatic heterocycles. The van der Waals surface area contributed by atoms with Crippen molar-refractivity contribution in [3.63, 3.8) is 0 Å². The highest BCUT2D eigenvalue weighted by Gasteiger charge is 2.17. The van der Waals surface area contributed by atoms with Gasteiger partial charge in [-0.3, -0.25) is 14.5 Å². The maximum Gasteiger partial charge on any atom is 0.253 e. The lowest BCUT2D eigenvalue weighted by Crippen LogP contribution is -2.43. The number of aromatic nitrogens is 1. The summed E-state index contributed by atoms with van der Waals surface area (Å²) in [6.45, 7) is 8.36. The van der Waals surface area contributed by atoms with Gasteiger partial charge in [-0.15, -0.1) is 0 Å². The molecule has 1 aromatic heterocycles. The van der Waals surface area contributed by atoms with E-state index in [1.807, 2.05) is 48.7 Å². The van der Waals surface area contributed by atoms with Crippen LogP contribution in [-0.4, -0.2) is 67.2 Å². The van der Waals surface area contributed by atoms with E-state index in [1.54, 1.807) is 0 Å². The SMILES string of the molecule is Cc1cc(C(=O)NCC(=O)NCCN2CCOCC2)c(C)n1-c1ccc(Cl)cc1. The van der Waals surface area contributed by atoms with Gasteiger partial charge >= 0.3 is 0 Å². The number of benzene rings is 1. The van der Waals surface area contributed by atoms with Gasteiger partial charge < -0.3 is 19.9 Å². The van der Waals surface area contributed by atoms with Crippen LogP contribution in [0.4, 0.5) is 0 Å². The number of aryl methyl sites for hydroxylation is 1. The van der Waals surface area contributed by atoms with Gasteiger partial charge in [0.05, 0.1) is 25.3 Å². The number of rotatable bonds is 7. The Hall–Kier alpha value is -2.35. The number of hydrogen-bond acceptors (Lipinski definition) is 4. The van der Waals surface area contributed by atoms with Gasteiger partial charge in [0.2, 0.25) is 5.91 Å². The Morgan fingerprint density at radius 1 is 1.10 bits per heavy atom. The summed E-state index contributed by atoms with van der Waals surface area (Å²) in [5, 5.41) is 6.22. The molecular weight excluding hydrogens is 392 g/mol. The molecule has 3 rings (SSSR count). The molecule has 1 fully saturated rings.